The van der Waals surface area contributed by atoms with Crippen LogP contribution in [0.4, 0.5) is 4.39 Å². The van der Waals surface area contributed by atoms with E-state index in [1.54, 1.807) is 30.3 Å². The molecule has 2 rings (SSSR count). The van der Waals surface area contributed by atoms with Gasteiger partial charge in [0.05, 0.1) is 6.61 Å². The van der Waals surface area contributed by atoms with E-state index < -0.39 is 5.97 Å². The van der Waals surface area contributed by atoms with Crippen molar-refractivity contribution < 1.29 is 19.0 Å². The van der Waals surface area contributed by atoms with Crippen LogP contribution >= 0.6 is 11.8 Å². The van der Waals surface area contributed by atoms with Crippen LogP contribution in [0.15, 0.2) is 53.4 Å². The van der Waals surface area contributed by atoms with Crippen molar-refractivity contribution >= 4 is 17.7 Å². The number of hydrogen-bond donors (Lipinski definition) is 1. The summed E-state index contributed by atoms with van der Waals surface area (Å²) in [6, 6.07) is 12.7. The van der Waals surface area contributed by atoms with Crippen LogP contribution in [0.1, 0.15) is 10.4 Å². The maximum absolute atomic E-state index is 12.7. The Morgan fingerprint density at radius 2 is 1.85 bits per heavy atom. The molecule has 20 heavy (non-hydrogen) atoms. The number of carboxylic acid groups (broad SMARTS) is 1. The lowest BCUT2D eigenvalue weighted by Gasteiger charge is -2.08. The van der Waals surface area contributed by atoms with Crippen LogP contribution in [-0.4, -0.2) is 23.4 Å². The molecule has 0 spiro atoms. The molecule has 104 valence electrons. The minimum atomic E-state index is -1.01. The van der Waals surface area contributed by atoms with E-state index in [0.29, 0.717) is 18.1 Å². The van der Waals surface area contributed by atoms with Crippen LogP contribution in [0.2, 0.25) is 0 Å². The van der Waals surface area contributed by atoms with Gasteiger partial charge in [-0.05, 0) is 36.4 Å². The lowest BCUT2D eigenvalue weighted by molar-refractivity contribution is 0.0692. The van der Waals surface area contributed by atoms with Crippen molar-refractivity contribution in [2.75, 3.05) is 12.4 Å². The fourth-order valence-electron chi connectivity index (χ4n) is 1.61. The van der Waals surface area contributed by atoms with Gasteiger partial charge in [0.1, 0.15) is 17.1 Å². The van der Waals surface area contributed by atoms with Gasteiger partial charge < -0.3 is 9.84 Å². The van der Waals surface area contributed by atoms with Crippen molar-refractivity contribution in [3.8, 4) is 5.75 Å². The fourth-order valence-corrected chi connectivity index (χ4v) is 2.34. The lowest BCUT2D eigenvalue weighted by Crippen LogP contribution is -2.05. The molecule has 0 aliphatic heterocycles. The van der Waals surface area contributed by atoms with Gasteiger partial charge in [-0.15, -0.1) is 11.8 Å². The lowest BCUT2D eigenvalue weighted by atomic mass is 10.2. The maximum atomic E-state index is 12.7. The minimum absolute atomic E-state index is 0.152. The zero-order chi connectivity index (χ0) is 14.4. The van der Waals surface area contributed by atoms with Crippen LogP contribution in [0.5, 0.6) is 5.75 Å². The summed E-state index contributed by atoms with van der Waals surface area (Å²) in [7, 11) is 0. The highest BCUT2D eigenvalue weighted by molar-refractivity contribution is 7.99. The quantitative estimate of drug-likeness (QED) is 0.651. The molecular weight excluding hydrogens is 279 g/mol. The highest BCUT2D eigenvalue weighted by Crippen LogP contribution is 2.20. The Morgan fingerprint density at radius 3 is 2.55 bits per heavy atom. The van der Waals surface area contributed by atoms with Crippen molar-refractivity contribution in [3.63, 3.8) is 0 Å². The number of rotatable bonds is 6. The van der Waals surface area contributed by atoms with Gasteiger partial charge in [0.2, 0.25) is 0 Å². The summed E-state index contributed by atoms with van der Waals surface area (Å²) in [5.74, 6) is -0.257. The molecule has 0 aliphatic carbocycles. The summed E-state index contributed by atoms with van der Waals surface area (Å²) in [6.07, 6.45) is 0. The molecule has 0 atom stereocenters. The van der Waals surface area contributed by atoms with E-state index in [2.05, 4.69) is 0 Å². The molecule has 1 N–H and O–H groups in total. The third kappa shape index (κ3) is 3.99. The van der Waals surface area contributed by atoms with Crippen molar-refractivity contribution in [1.29, 1.82) is 0 Å². The second kappa shape index (κ2) is 6.96. The first-order chi connectivity index (χ1) is 9.66. The molecule has 0 aliphatic rings. The van der Waals surface area contributed by atoms with E-state index in [1.807, 2.05) is 0 Å². The van der Waals surface area contributed by atoms with E-state index >= 15 is 0 Å². The minimum Gasteiger partial charge on any atom is -0.492 e. The molecule has 0 heterocycles. The first-order valence-corrected chi connectivity index (χ1v) is 6.99. The molecule has 0 aromatic heterocycles. The zero-order valence-electron chi connectivity index (χ0n) is 10.6. The van der Waals surface area contributed by atoms with E-state index in [9.17, 15) is 9.18 Å². The standard InChI is InChI=1S/C15H13FO3S/c16-11-5-7-12(8-6-11)20-10-9-19-14-4-2-1-3-13(14)15(17)18/h1-8H,9-10H2,(H,17,18). The van der Waals surface area contributed by atoms with E-state index in [-0.39, 0.29) is 11.4 Å². The molecule has 0 saturated heterocycles. The molecule has 2 aromatic carbocycles. The van der Waals surface area contributed by atoms with Crippen LogP contribution in [0.25, 0.3) is 0 Å². The molecule has 5 heteroatoms. The summed E-state index contributed by atoms with van der Waals surface area (Å²) in [5.41, 5.74) is 0.152. The zero-order valence-corrected chi connectivity index (χ0v) is 11.4. The van der Waals surface area contributed by atoms with Gasteiger partial charge in [0.15, 0.2) is 0 Å². The highest BCUT2D eigenvalue weighted by atomic mass is 32.2. The Balaban J connectivity index is 1.84. The summed E-state index contributed by atoms with van der Waals surface area (Å²) in [5, 5.41) is 9.01. The second-order valence-corrected chi connectivity index (χ2v) is 5.12. The summed E-state index contributed by atoms with van der Waals surface area (Å²) < 4.78 is 18.2. The Kier molecular flexibility index (Phi) is 5.01. The maximum Gasteiger partial charge on any atom is 0.339 e. The number of carboxylic acids is 1. The molecule has 0 amide bonds. The van der Waals surface area contributed by atoms with Gasteiger partial charge in [-0.3, -0.25) is 0 Å². The number of ether oxygens (including phenoxy) is 1. The normalized spacial score (nSPS) is 10.2. The van der Waals surface area contributed by atoms with Crippen molar-refractivity contribution in [2.24, 2.45) is 0 Å². The van der Waals surface area contributed by atoms with Gasteiger partial charge >= 0.3 is 5.97 Å². The molecule has 0 radical (unpaired) electrons. The number of para-hydroxylation sites is 1. The van der Waals surface area contributed by atoms with Gasteiger partial charge in [0.25, 0.3) is 0 Å². The van der Waals surface area contributed by atoms with Gasteiger partial charge in [-0.1, -0.05) is 12.1 Å². The number of carbonyl (C=O) groups is 1. The second-order valence-electron chi connectivity index (χ2n) is 3.95. The predicted octanol–water partition coefficient (Wildman–Crippen LogP) is 3.70. The molecule has 2 aromatic rings. The number of thioether (sulfide) groups is 1. The van der Waals surface area contributed by atoms with Gasteiger partial charge in [-0.25, -0.2) is 9.18 Å². The third-order valence-electron chi connectivity index (χ3n) is 2.54. The Morgan fingerprint density at radius 1 is 1.15 bits per heavy atom. The van der Waals surface area contributed by atoms with E-state index in [4.69, 9.17) is 9.84 Å². The first-order valence-electron chi connectivity index (χ1n) is 6.00. The average molecular weight is 292 g/mol. The first kappa shape index (κ1) is 14.4. The summed E-state index contributed by atoms with van der Waals surface area (Å²) >= 11 is 1.52. The summed E-state index contributed by atoms with van der Waals surface area (Å²) in [6.45, 7) is 0.381. The molecule has 0 bridgehead atoms. The highest BCUT2D eigenvalue weighted by Gasteiger charge is 2.09. The van der Waals surface area contributed by atoms with E-state index in [0.717, 1.165) is 4.90 Å². The smallest absolute Gasteiger partial charge is 0.339 e. The average Bonchev–Trinajstić information content (AvgIpc) is 2.46. The molecule has 0 unspecified atom stereocenters. The van der Waals surface area contributed by atoms with Crippen LogP contribution in [0, 0.1) is 5.82 Å². The summed E-state index contributed by atoms with van der Waals surface area (Å²) in [4.78, 5) is 11.9. The van der Waals surface area contributed by atoms with Gasteiger partial charge in [-0.2, -0.15) is 0 Å². The van der Waals surface area contributed by atoms with Gasteiger partial charge in [0, 0.05) is 10.6 Å². The van der Waals surface area contributed by atoms with Crippen LogP contribution in [0.3, 0.4) is 0 Å². The molecule has 0 fully saturated rings. The number of hydrogen-bond acceptors (Lipinski definition) is 3. The topological polar surface area (TPSA) is 46.5 Å². The predicted molar refractivity (Wildman–Crippen MR) is 76.0 cm³/mol. The SMILES string of the molecule is O=C(O)c1ccccc1OCCSc1ccc(F)cc1. The van der Waals surface area contributed by atoms with Crippen molar-refractivity contribution in [1.82, 2.24) is 0 Å². The number of aromatic carboxylic acids is 1. The van der Waals surface area contributed by atoms with Crippen LogP contribution < -0.4 is 4.74 Å². The van der Waals surface area contributed by atoms with E-state index in [1.165, 1.54) is 30.0 Å². The Hall–Kier alpha value is -2.01. The monoisotopic (exact) mass is 292 g/mol. The van der Waals surface area contributed by atoms with Crippen LogP contribution in [-0.2, 0) is 0 Å². The molecular formula is C15H13FO3S. The molecule has 0 saturated carbocycles. The Labute approximate surface area is 120 Å². The molecule has 3 nitrogen and oxygen atoms in total. The van der Waals surface area contributed by atoms with Crippen molar-refractivity contribution in [3.05, 3.63) is 59.9 Å². The van der Waals surface area contributed by atoms with Crippen molar-refractivity contribution in [2.45, 2.75) is 4.90 Å². The fraction of sp³-hybridized carbons (Fsp3) is 0.133. The third-order valence-corrected chi connectivity index (χ3v) is 3.52. The number of benzene rings is 2. The largest absolute Gasteiger partial charge is 0.492 e. The Bertz CT molecular complexity index is 584. The number of halogens is 1.